The van der Waals surface area contributed by atoms with Crippen molar-refractivity contribution in [3.05, 3.63) is 50.9 Å². The summed E-state index contributed by atoms with van der Waals surface area (Å²) in [4.78, 5) is 17.9. The number of thiophene rings is 1. The van der Waals surface area contributed by atoms with Crippen molar-refractivity contribution in [3.8, 4) is 0 Å². The Bertz CT molecular complexity index is 534. The number of halogens is 1. The molecule has 0 saturated heterocycles. The summed E-state index contributed by atoms with van der Waals surface area (Å²) in [5.41, 5.74) is 2.45. The Kier molecular flexibility index (Phi) is 3.99. The third-order valence-corrected chi connectivity index (χ3v) is 3.44. The third-order valence-electron chi connectivity index (χ3n) is 2.52. The number of aromatic nitrogens is 1. The summed E-state index contributed by atoms with van der Waals surface area (Å²) in [7, 11) is 1.78. The van der Waals surface area contributed by atoms with Gasteiger partial charge in [-0.3, -0.25) is 4.79 Å². The molecule has 94 valence electrons. The molecule has 0 bridgehead atoms. The predicted octanol–water partition coefficient (Wildman–Crippen LogP) is 3.38. The largest absolute Gasteiger partial charge is 0.337 e. The standard InChI is InChI=1S/C13H13ClN2OS/c1-9-5-11(6-12(14)15-9)13(17)16(2)7-10-3-4-18-8-10/h3-6,8H,7H2,1-2H3. The van der Waals surface area contributed by atoms with Gasteiger partial charge in [-0.05, 0) is 41.4 Å². The lowest BCUT2D eigenvalue weighted by Gasteiger charge is -2.16. The van der Waals surface area contributed by atoms with Crippen LogP contribution in [0.25, 0.3) is 0 Å². The molecule has 3 nitrogen and oxygen atoms in total. The van der Waals surface area contributed by atoms with Gasteiger partial charge in [-0.2, -0.15) is 11.3 Å². The molecule has 0 aliphatic heterocycles. The van der Waals surface area contributed by atoms with E-state index in [1.807, 2.05) is 23.8 Å². The maximum Gasteiger partial charge on any atom is 0.254 e. The van der Waals surface area contributed by atoms with E-state index < -0.39 is 0 Å². The molecule has 0 aromatic carbocycles. The number of hydrogen-bond acceptors (Lipinski definition) is 3. The molecule has 18 heavy (non-hydrogen) atoms. The fraction of sp³-hybridized carbons (Fsp3) is 0.231. The zero-order valence-corrected chi connectivity index (χ0v) is 11.8. The summed E-state index contributed by atoms with van der Waals surface area (Å²) in [6, 6.07) is 5.36. The first-order chi connectivity index (χ1) is 8.56. The minimum atomic E-state index is -0.0476. The van der Waals surface area contributed by atoms with Gasteiger partial charge in [0.25, 0.3) is 5.91 Å². The highest BCUT2D eigenvalue weighted by atomic mass is 35.5. The highest BCUT2D eigenvalue weighted by Gasteiger charge is 2.13. The average molecular weight is 281 g/mol. The summed E-state index contributed by atoms with van der Waals surface area (Å²) in [6.45, 7) is 2.42. The van der Waals surface area contributed by atoms with E-state index in [1.165, 1.54) is 0 Å². The molecule has 0 aliphatic carbocycles. The summed E-state index contributed by atoms with van der Waals surface area (Å²) in [5.74, 6) is -0.0476. The normalized spacial score (nSPS) is 10.4. The highest BCUT2D eigenvalue weighted by molar-refractivity contribution is 7.07. The van der Waals surface area contributed by atoms with Crippen LogP contribution in [-0.4, -0.2) is 22.8 Å². The lowest BCUT2D eigenvalue weighted by atomic mass is 10.2. The Morgan fingerprint density at radius 2 is 2.28 bits per heavy atom. The number of rotatable bonds is 3. The van der Waals surface area contributed by atoms with Crippen molar-refractivity contribution in [1.29, 1.82) is 0 Å². The Morgan fingerprint density at radius 3 is 2.89 bits per heavy atom. The van der Waals surface area contributed by atoms with Crippen LogP contribution in [0.4, 0.5) is 0 Å². The molecule has 0 N–H and O–H groups in total. The summed E-state index contributed by atoms with van der Waals surface area (Å²) < 4.78 is 0. The van der Waals surface area contributed by atoms with Crippen LogP contribution in [0.1, 0.15) is 21.6 Å². The van der Waals surface area contributed by atoms with Crippen LogP contribution in [0.3, 0.4) is 0 Å². The molecule has 5 heteroatoms. The first-order valence-corrected chi connectivity index (χ1v) is 6.79. The molecule has 0 aliphatic rings. The zero-order valence-electron chi connectivity index (χ0n) is 10.2. The quantitative estimate of drug-likeness (QED) is 0.808. The van der Waals surface area contributed by atoms with Crippen molar-refractivity contribution in [2.45, 2.75) is 13.5 Å². The Morgan fingerprint density at radius 1 is 1.50 bits per heavy atom. The van der Waals surface area contributed by atoms with Crippen molar-refractivity contribution in [3.63, 3.8) is 0 Å². The second-order valence-electron chi connectivity index (χ2n) is 4.11. The van der Waals surface area contributed by atoms with Gasteiger partial charge in [0.15, 0.2) is 0 Å². The van der Waals surface area contributed by atoms with Crippen LogP contribution < -0.4 is 0 Å². The van der Waals surface area contributed by atoms with E-state index in [2.05, 4.69) is 4.98 Å². The van der Waals surface area contributed by atoms with Crippen molar-refractivity contribution >= 4 is 28.8 Å². The van der Waals surface area contributed by atoms with Gasteiger partial charge in [-0.25, -0.2) is 4.98 Å². The lowest BCUT2D eigenvalue weighted by molar-refractivity contribution is 0.0785. The van der Waals surface area contributed by atoms with E-state index in [0.29, 0.717) is 17.3 Å². The molecule has 1 amide bonds. The predicted molar refractivity (Wildman–Crippen MR) is 74.1 cm³/mol. The highest BCUT2D eigenvalue weighted by Crippen LogP contribution is 2.14. The van der Waals surface area contributed by atoms with Crippen LogP contribution in [0.5, 0.6) is 0 Å². The molecule has 0 saturated carbocycles. The van der Waals surface area contributed by atoms with Crippen LogP contribution in [0.2, 0.25) is 5.15 Å². The van der Waals surface area contributed by atoms with Gasteiger partial charge in [0.05, 0.1) is 0 Å². The minimum absolute atomic E-state index is 0.0476. The van der Waals surface area contributed by atoms with E-state index in [0.717, 1.165) is 11.3 Å². The number of carbonyl (C=O) groups excluding carboxylic acids is 1. The number of amides is 1. The molecule has 0 spiro atoms. The zero-order chi connectivity index (χ0) is 13.1. The molecular formula is C13H13ClN2OS. The Hall–Kier alpha value is -1.39. The molecule has 2 aromatic heterocycles. The minimum Gasteiger partial charge on any atom is -0.337 e. The smallest absolute Gasteiger partial charge is 0.254 e. The van der Waals surface area contributed by atoms with Gasteiger partial charge in [0.2, 0.25) is 0 Å². The van der Waals surface area contributed by atoms with Crippen molar-refractivity contribution in [2.75, 3.05) is 7.05 Å². The van der Waals surface area contributed by atoms with Crippen LogP contribution in [0, 0.1) is 6.92 Å². The first kappa shape index (κ1) is 13.1. The van der Waals surface area contributed by atoms with Crippen LogP contribution >= 0.6 is 22.9 Å². The molecule has 0 fully saturated rings. The van der Waals surface area contributed by atoms with Crippen LogP contribution in [-0.2, 0) is 6.54 Å². The number of hydrogen-bond donors (Lipinski definition) is 0. The molecule has 0 atom stereocenters. The molecule has 2 rings (SSSR count). The molecule has 0 radical (unpaired) electrons. The van der Waals surface area contributed by atoms with Gasteiger partial charge >= 0.3 is 0 Å². The van der Waals surface area contributed by atoms with Crippen LogP contribution in [0.15, 0.2) is 29.0 Å². The van der Waals surface area contributed by atoms with Crippen molar-refractivity contribution in [2.24, 2.45) is 0 Å². The number of aryl methyl sites for hydroxylation is 1. The molecule has 2 aromatic rings. The summed E-state index contributed by atoms with van der Waals surface area (Å²) in [6.07, 6.45) is 0. The number of carbonyl (C=O) groups is 1. The van der Waals surface area contributed by atoms with Gasteiger partial charge in [-0.15, -0.1) is 0 Å². The van der Waals surface area contributed by atoms with Gasteiger partial charge in [0.1, 0.15) is 5.15 Å². The average Bonchev–Trinajstić information content (AvgIpc) is 2.79. The maximum atomic E-state index is 12.2. The second-order valence-corrected chi connectivity index (χ2v) is 5.28. The molecule has 0 unspecified atom stereocenters. The van der Waals surface area contributed by atoms with E-state index in [1.54, 1.807) is 35.4 Å². The van der Waals surface area contributed by atoms with Gasteiger partial charge in [0, 0.05) is 24.8 Å². The van der Waals surface area contributed by atoms with E-state index in [4.69, 9.17) is 11.6 Å². The second kappa shape index (κ2) is 5.50. The fourth-order valence-corrected chi connectivity index (χ4v) is 2.61. The monoisotopic (exact) mass is 280 g/mol. The van der Waals surface area contributed by atoms with E-state index >= 15 is 0 Å². The third kappa shape index (κ3) is 3.09. The number of pyridine rings is 1. The molecule has 2 heterocycles. The summed E-state index contributed by atoms with van der Waals surface area (Å²) >= 11 is 7.49. The van der Waals surface area contributed by atoms with E-state index in [9.17, 15) is 4.79 Å². The number of nitrogens with zero attached hydrogens (tertiary/aromatic N) is 2. The summed E-state index contributed by atoms with van der Waals surface area (Å²) in [5, 5.41) is 4.39. The van der Waals surface area contributed by atoms with E-state index in [-0.39, 0.29) is 5.91 Å². The maximum absolute atomic E-state index is 12.2. The SMILES string of the molecule is Cc1cc(C(=O)N(C)Cc2ccsc2)cc(Cl)n1. The first-order valence-electron chi connectivity index (χ1n) is 5.47. The lowest BCUT2D eigenvalue weighted by Crippen LogP contribution is -2.26. The van der Waals surface area contributed by atoms with Gasteiger partial charge in [-0.1, -0.05) is 11.6 Å². The van der Waals surface area contributed by atoms with Crippen molar-refractivity contribution < 1.29 is 4.79 Å². The Labute approximate surface area is 115 Å². The fourth-order valence-electron chi connectivity index (χ4n) is 1.70. The van der Waals surface area contributed by atoms with Gasteiger partial charge < -0.3 is 4.90 Å². The molecular weight excluding hydrogens is 268 g/mol. The van der Waals surface area contributed by atoms with Crippen molar-refractivity contribution in [1.82, 2.24) is 9.88 Å². The topological polar surface area (TPSA) is 33.2 Å². The Balaban J connectivity index is 2.15.